The van der Waals surface area contributed by atoms with Gasteiger partial charge in [-0.05, 0) is 57.3 Å². The predicted molar refractivity (Wildman–Crippen MR) is 139 cm³/mol. The van der Waals surface area contributed by atoms with Gasteiger partial charge in [0.2, 0.25) is 0 Å². The number of benzene rings is 2. The van der Waals surface area contributed by atoms with Crippen molar-refractivity contribution >= 4 is 29.1 Å². The molecule has 1 aromatic heterocycles. The third kappa shape index (κ3) is 7.42. The lowest BCUT2D eigenvalue weighted by molar-refractivity contribution is -0.192. The minimum atomic E-state index is -5.08. The number of halogens is 4. The fourth-order valence-electron chi connectivity index (χ4n) is 3.96. The number of carboxylic acids is 1. The number of hydrogen-bond acceptors (Lipinski definition) is 7. The number of hydrogen-bond donors (Lipinski definition) is 2. The number of Topliss-reactive ketones (excluding diaryl/α,β-unsaturated/α-hetero) is 1. The van der Waals surface area contributed by atoms with Gasteiger partial charge < -0.3 is 15.2 Å². The van der Waals surface area contributed by atoms with Crippen LogP contribution in [0.15, 0.2) is 47.5 Å². The molecule has 4 rings (SSSR count). The van der Waals surface area contributed by atoms with Gasteiger partial charge in [-0.3, -0.25) is 14.4 Å². The lowest BCUT2D eigenvalue weighted by atomic mass is 9.99. The smallest absolute Gasteiger partial charge is 0.490 e. The summed E-state index contributed by atoms with van der Waals surface area (Å²) in [6, 6.07) is 13.0. The molecule has 0 aliphatic carbocycles. The highest BCUT2D eigenvalue weighted by molar-refractivity contribution is 6.30. The number of ether oxygens (including phenoxy) is 1. The molecule has 0 radical (unpaired) electrons. The second-order valence-corrected chi connectivity index (χ2v) is 9.01. The molecule has 208 valence electrons. The molecule has 0 saturated carbocycles. The van der Waals surface area contributed by atoms with Crippen LogP contribution in [-0.4, -0.2) is 64.2 Å². The van der Waals surface area contributed by atoms with Crippen molar-refractivity contribution in [2.24, 2.45) is 4.99 Å². The first-order valence-corrected chi connectivity index (χ1v) is 12.2. The van der Waals surface area contributed by atoms with Gasteiger partial charge in [-0.25, -0.2) is 4.79 Å². The van der Waals surface area contributed by atoms with Gasteiger partial charge in [0.25, 0.3) is 0 Å². The van der Waals surface area contributed by atoms with Crippen LogP contribution in [0.3, 0.4) is 0 Å². The highest BCUT2D eigenvalue weighted by Gasteiger charge is 2.38. The molecule has 1 unspecified atom stereocenters. The first-order valence-electron chi connectivity index (χ1n) is 11.9. The van der Waals surface area contributed by atoms with E-state index >= 15 is 0 Å². The number of carboxylic acid groups (broad SMARTS) is 1. The van der Waals surface area contributed by atoms with Crippen LogP contribution in [0.1, 0.15) is 48.1 Å². The fourth-order valence-corrected chi connectivity index (χ4v) is 4.08. The first-order chi connectivity index (χ1) is 18.5. The molecule has 2 N–H and O–H groups in total. The maximum atomic E-state index is 12.8. The summed E-state index contributed by atoms with van der Waals surface area (Å²) in [5.74, 6) is -0.474. The Labute approximate surface area is 227 Å². The average molecular weight is 566 g/mol. The number of aryl methyl sites for hydroxylation is 1. The van der Waals surface area contributed by atoms with Crippen LogP contribution in [0.25, 0.3) is 5.69 Å². The van der Waals surface area contributed by atoms with Crippen molar-refractivity contribution in [2.75, 3.05) is 20.7 Å². The van der Waals surface area contributed by atoms with E-state index in [1.54, 1.807) is 7.11 Å². The third-order valence-corrected chi connectivity index (χ3v) is 6.05. The van der Waals surface area contributed by atoms with Crippen LogP contribution >= 0.6 is 11.6 Å². The number of carbonyl (C=O) groups excluding carboxylic acids is 1. The molecular formula is C26H27ClF3N5O4. The molecular weight excluding hydrogens is 539 g/mol. The zero-order valence-corrected chi connectivity index (χ0v) is 22.2. The molecule has 1 aliphatic rings. The van der Waals surface area contributed by atoms with Gasteiger partial charge in [-0.15, -0.1) is 10.2 Å². The van der Waals surface area contributed by atoms with Gasteiger partial charge in [0, 0.05) is 29.0 Å². The van der Waals surface area contributed by atoms with E-state index in [-0.39, 0.29) is 12.2 Å². The zero-order chi connectivity index (χ0) is 28.7. The molecule has 13 heteroatoms. The molecule has 39 heavy (non-hydrogen) atoms. The summed E-state index contributed by atoms with van der Waals surface area (Å²) >= 11 is 6.13. The van der Waals surface area contributed by atoms with Gasteiger partial charge in [0.15, 0.2) is 5.82 Å². The molecule has 0 saturated heterocycles. The van der Waals surface area contributed by atoms with E-state index in [1.165, 1.54) is 0 Å². The maximum Gasteiger partial charge on any atom is 0.490 e. The lowest BCUT2D eigenvalue weighted by Gasteiger charge is -2.14. The summed E-state index contributed by atoms with van der Waals surface area (Å²) in [5.41, 5.74) is 3.48. The Morgan fingerprint density at radius 2 is 1.82 bits per heavy atom. The third-order valence-electron chi connectivity index (χ3n) is 5.80. The van der Waals surface area contributed by atoms with Gasteiger partial charge >= 0.3 is 12.1 Å². The van der Waals surface area contributed by atoms with Gasteiger partial charge in [0.05, 0.1) is 18.5 Å². The van der Waals surface area contributed by atoms with Crippen LogP contribution < -0.4 is 10.1 Å². The molecule has 1 atom stereocenters. The number of aliphatic imine (C=N–C) groups is 1. The summed E-state index contributed by atoms with van der Waals surface area (Å²) in [5, 5.41) is 19.6. The number of nitrogens with one attached hydrogen (secondary N) is 1. The Bertz CT molecular complexity index is 1360. The SMILES string of the molecule is CNCCCC(=O)CC1N=C(c2ccc(Cl)cc2)c2cc(OC)ccc2-n2c(C)nnc21.O=C(O)C(F)(F)F. The van der Waals surface area contributed by atoms with Crippen molar-refractivity contribution in [3.63, 3.8) is 0 Å². The number of aromatic nitrogens is 3. The van der Waals surface area contributed by atoms with Crippen molar-refractivity contribution in [3.8, 4) is 11.4 Å². The topological polar surface area (TPSA) is 119 Å². The van der Waals surface area contributed by atoms with E-state index in [0.29, 0.717) is 17.3 Å². The molecule has 0 fully saturated rings. The van der Waals surface area contributed by atoms with E-state index in [4.69, 9.17) is 31.2 Å². The number of alkyl halides is 3. The van der Waals surface area contributed by atoms with Gasteiger partial charge in [-0.2, -0.15) is 13.2 Å². The first kappa shape index (κ1) is 29.8. The number of methoxy groups -OCH3 is 1. The average Bonchev–Trinajstić information content (AvgIpc) is 3.21. The largest absolute Gasteiger partial charge is 0.497 e. The summed E-state index contributed by atoms with van der Waals surface area (Å²) in [7, 11) is 3.52. The van der Waals surface area contributed by atoms with E-state index in [2.05, 4.69) is 15.5 Å². The van der Waals surface area contributed by atoms with Crippen LogP contribution in [-0.2, 0) is 9.59 Å². The summed E-state index contributed by atoms with van der Waals surface area (Å²) in [6.07, 6.45) is -3.53. The molecule has 2 aromatic carbocycles. The highest BCUT2D eigenvalue weighted by atomic mass is 35.5. The molecule has 2 heterocycles. The van der Waals surface area contributed by atoms with E-state index in [9.17, 15) is 18.0 Å². The molecule has 9 nitrogen and oxygen atoms in total. The monoisotopic (exact) mass is 565 g/mol. The normalized spacial score (nSPS) is 14.2. The second-order valence-electron chi connectivity index (χ2n) is 8.58. The molecule has 0 bridgehead atoms. The minimum Gasteiger partial charge on any atom is -0.497 e. The van der Waals surface area contributed by atoms with E-state index in [0.717, 1.165) is 47.1 Å². The Morgan fingerprint density at radius 3 is 2.41 bits per heavy atom. The van der Waals surface area contributed by atoms with Crippen LogP contribution in [0.5, 0.6) is 5.75 Å². The van der Waals surface area contributed by atoms with Crippen LogP contribution in [0.2, 0.25) is 5.02 Å². The highest BCUT2D eigenvalue weighted by Crippen LogP contribution is 2.34. The molecule has 3 aromatic rings. The number of aliphatic carboxylic acids is 1. The zero-order valence-electron chi connectivity index (χ0n) is 21.4. The van der Waals surface area contributed by atoms with E-state index < -0.39 is 18.2 Å². The standard InChI is InChI=1S/C24H26ClN5O2.C2HF3O2/c1-15-28-29-24-21(13-18(31)5-4-12-26-2)27-23(16-6-8-17(25)9-7-16)20-14-19(32-3)10-11-22(20)30(15)24;3-2(4,5)1(6)7/h6-11,14,21,26H,4-5,12-13H2,1-3H3;(H,6,7). The molecule has 0 amide bonds. The minimum absolute atomic E-state index is 0.153. The Morgan fingerprint density at radius 1 is 1.15 bits per heavy atom. The number of rotatable bonds is 8. The predicted octanol–water partition coefficient (Wildman–Crippen LogP) is 4.72. The Kier molecular flexibility index (Phi) is 9.81. The molecule has 1 aliphatic heterocycles. The molecule has 0 spiro atoms. The van der Waals surface area contributed by atoms with Gasteiger partial charge in [-0.1, -0.05) is 23.7 Å². The van der Waals surface area contributed by atoms with Crippen molar-refractivity contribution in [3.05, 3.63) is 70.3 Å². The number of nitrogens with zero attached hydrogens (tertiary/aromatic N) is 4. The van der Waals surface area contributed by atoms with Crippen LogP contribution in [0.4, 0.5) is 13.2 Å². The number of carbonyl (C=O) groups is 2. The Balaban J connectivity index is 0.000000532. The summed E-state index contributed by atoms with van der Waals surface area (Å²) in [6.45, 7) is 2.71. The Hall–Kier alpha value is -3.77. The summed E-state index contributed by atoms with van der Waals surface area (Å²) < 4.78 is 39.2. The van der Waals surface area contributed by atoms with Crippen molar-refractivity contribution in [2.45, 2.75) is 38.4 Å². The maximum absolute atomic E-state index is 12.8. The van der Waals surface area contributed by atoms with Crippen LogP contribution in [0, 0.1) is 6.92 Å². The lowest BCUT2D eigenvalue weighted by Crippen LogP contribution is -2.21. The van der Waals surface area contributed by atoms with Crippen molar-refractivity contribution < 1.29 is 32.6 Å². The summed E-state index contributed by atoms with van der Waals surface area (Å²) in [4.78, 5) is 26.8. The fraction of sp³-hybridized carbons (Fsp3) is 0.346. The van der Waals surface area contributed by atoms with Gasteiger partial charge in [0.1, 0.15) is 23.4 Å². The van der Waals surface area contributed by atoms with E-state index in [1.807, 2.05) is 61.0 Å². The van der Waals surface area contributed by atoms with Crippen molar-refractivity contribution in [1.29, 1.82) is 0 Å². The second kappa shape index (κ2) is 12.9. The number of ketones is 1. The quantitative estimate of drug-likeness (QED) is 0.379. The van der Waals surface area contributed by atoms with Crippen molar-refractivity contribution in [1.82, 2.24) is 20.1 Å². The number of fused-ring (bicyclic) bond motifs is 3.